The van der Waals surface area contributed by atoms with Crippen molar-refractivity contribution in [3.05, 3.63) is 52.4 Å². The van der Waals surface area contributed by atoms with Gasteiger partial charge in [0.05, 0.1) is 11.5 Å². The number of halogens is 1. The van der Waals surface area contributed by atoms with Gasteiger partial charge in [0.25, 0.3) is 0 Å². The molecule has 0 saturated carbocycles. The fourth-order valence-electron chi connectivity index (χ4n) is 2.56. The zero-order valence-electron chi connectivity index (χ0n) is 12.7. The van der Waals surface area contributed by atoms with Gasteiger partial charge < -0.3 is 5.32 Å². The van der Waals surface area contributed by atoms with Crippen molar-refractivity contribution < 1.29 is 13.2 Å². The lowest BCUT2D eigenvalue weighted by Gasteiger charge is -2.07. The number of hydrogen-bond donors (Lipinski definition) is 1. The molecule has 3 rings (SSSR count). The minimum absolute atomic E-state index is 0.0322. The van der Waals surface area contributed by atoms with E-state index in [1.54, 1.807) is 17.4 Å². The number of benzene rings is 1. The molecule has 1 atom stereocenters. The smallest absolute Gasteiger partial charge is 0.244 e. The van der Waals surface area contributed by atoms with Gasteiger partial charge in [0.2, 0.25) is 5.91 Å². The maximum absolute atomic E-state index is 11.9. The van der Waals surface area contributed by atoms with Crippen LogP contribution < -0.4 is 5.32 Å². The van der Waals surface area contributed by atoms with Crippen molar-refractivity contribution in [3.63, 3.8) is 0 Å². The highest BCUT2D eigenvalue weighted by molar-refractivity contribution is 7.91. The molecule has 1 aromatic heterocycles. The highest BCUT2D eigenvalue weighted by atomic mass is 35.5. The lowest BCUT2D eigenvalue weighted by atomic mass is 10.2. The molecule has 2 aromatic rings. The van der Waals surface area contributed by atoms with Gasteiger partial charge in [-0.1, -0.05) is 23.7 Å². The molecule has 126 valence electrons. The van der Waals surface area contributed by atoms with E-state index in [1.807, 2.05) is 36.4 Å². The Morgan fingerprint density at radius 3 is 2.83 bits per heavy atom. The van der Waals surface area contributed by atoms with E-state index in [4.69, 9.17) is 11.6 Å². The van der Waals surface area contributed by atoms with Crippen LogP contribution in [0.3, 0.4) is 0 Å². The maximum Gasteiger partial charge on any atom is 0.244 e. The number of carbonyl (C=O) groups is 1. The van der Waals surface area contributed by atoms with Gasteiger partial charge in [0.15, 0.2) is 9.84 Å². The van der Waals surface area contributed by atoms with Crippen LogP contribution in [0.4, 0.5) is 0 Å². The molecule has 7 heteroatoms. The number of rotatable bonds is 4. The van der Waals surface area contributed by atoms with Gasteiger partial charge in [-0.15, -0.1) is 11.3 Å². The van der Waals surface area contributed by atoms with E-state index in [0.717, 1.165) is 15.3 Å². The third-order valence-corrected chi connectivity index (χ3v) is 6.82. The van der Waals surface area contributed by atoms with Crippen molar-refractivity contribution >= 4 is 44.8 Å². The van der Waals surface area contributed by atoms with E-state index in [-0.39, 0.29) is 23.5 Å². The molecule has 1 N–H and O–H groups in total. The van der Waals surface area contributed by atoms with Gasteiger partial charge in [0.1, 0.15) is 0 Å². The van der Waals surface area contributed by atoms with Gasteiger partial charge >= 0.3 is 0 Å². The summed E-state index contributed by atoms with van der Waals surface area (Å²) in [5, 5.41) is 3.42. The van der Waals surface area contributed by atoms with Gasteiger partial charge in [0, 0.05) is 26.9 Å². The highest BCUT2D eigenvalue weighted by Crippen LogP contribution is 2.30. The van der Waals surface area contributed by atoms with Gasteiger partial charge in [-0.3, -0.25) is 4.79 Å². The fraction of sp³-hybridized carbons (Fsp3) is 0.235. The summed E-state index contributed by atoms with van der Waals surface area (Å²) >= 11 is 7.56. The second-order valence-electron chi connectivity index (χ2n) is 5.65. The molecule has 4 nitrogen and oxygen atoms in total. The Hall–Kier alpha value is -1.63. The Labute approximate surface area is 150 Å². The lowest BCUT2D eigenvalue weighted by molar-refractivity contribution is -0.116. The summed E-state index contributed by atoms with van der Waals surface area (Å²) in [6.07, 6.45) is 3.66. The Balaban J connectivity index is 1.62. The van der Waals surface area contributed by atoms with Crippen LogP contribution in [0, 0.1) is 0 Å². The zero-order valence-corrected chi connectivity index (χ0v) is 15.1. The molecule has 1 unspecified atom stereocenters. The summed E-state index contributed by atoms with van der Waals surface area (Å²) < 4.78 is 22.8. The monoisotopic (exact) mass is 381 g/mol. The minimum Gasteiger partial charge on any atom is -0.349 e. The summed E-state index contributed by atoms with van der Waals surface area (Å²) in [5.74, 6) is -0.0881. The normalized spacial score (nSPS) is 19.6. The van der Waals surface area contributed by atoms with Crippen LogP contribution in [-0.4, -0.2) is 31.9 Å². The predicted octanol–water partition coefficient (Wildman–Crippen LogP) is 3.39. The van der Waals surface area contributed by atoms with Crippen molar-refractivity contribution in [2.75, 3.05) is 11.5 Å². The van der Waals surface area contributed by atoms with Gasteiger partial charge in [-0.25, -0.2) is 8.42 Å². The molecule has 0 bridgehead atoms. The maximum atomic E-state index is 11.9. The molecule has 2 heterocycles. The summed E-state index contributed by atoms with van der Waals surface area (Å²) in [5.41, 5.74) is 1.03. The number of amides is 1. The van der Waals surface area contributed by atoms with Crippen molar-refractivity contribution in [1.29, 1.82) is 0 Å². The second-order valence-corrected chi connectivity index (χ2v) is 9.43. The van der Waals surface area contributed by atoms with Gasteiger partial charge in [-0.2, -0.15) is 0 Å². The quantitative estimate of drug-likeness (QED) is 0.826. The average molecular weight is 382 g/mol. The summed E-state index contributed by atoms with van der Waals surface area (Å²) in [6, 6.07) is 11.2. The van der Waals surface area contributed by atoms with E-state index in [9.17, 15) is 13.2 Å². The summed E-state index contributed by atoms with van der Waals surface area (Å²) in [7, 11) is -2.99. The third-order valence-electron chi connectivity index (χ3n) is 3.71. The minimum atomic E-state index is -2.99. The SMILES string of the molecule is O=C(/C=C/c1ccc(-c2cccc(Cl)c2)s1)NC1CCS(=O)(=O)C1. The summed E-state index contributed by atoms with van der Waals surface area (Å²) in [4.78, 5) is 13.9. The van der Waals surface area contributed by atoms with Crippen molar-refractivity contribution in [1.82, 2.24) is 5.32 Å². The molecule has 24 heavy (non-hydrogen) atoms. The van der Waals surface area contributed by atoms with E-state index >= 15 is 0 Å². The number of carbonyl (C=O) groups excluding carboxylic acids is 1. The molecule has 1 aliphatic rings. The average Bonchev–Trinajstić information content (AvgIpc) is 3.12. The van der Waals surface area contributed by atoms with Gasteiger partial charge in [-0.05, 0) is 42.3 Å². The third kappa shape index (κ3) is 4.47. The Bertz CT molecular complexity index is 887. The Morgan fingerprint density at radius 2 is 2.12 bits per heavy atom. The Kier molecular flexibility index (Phi) is 5.08. The van der Waals surface area contributed by atoms with Crippen LogP contribution >= 0.6 is 22.9 Å². The standard InChI is InChI=1S/C17H16ClNO3S2/c18-13-3-1-2-12(10-13)16-6-4-15(23-16)5-7-17(20)19-14-8-9-24(21,22)11-14/h1-7,10,14H,8-9,11H2,(H,19,20)/b7-5+. The highest BCUT2D eigenvalue weighted by Gasteiger charge is 2.28. The van der Waals surface area contributed by atoms with Crippen molar-refractivity contribution in [2.24, 2.45) is 0 Å². The molecular formula is C17H16ClNO3S2. The topological polar surface area (TPSA) is 63.2 Å². The van der Waals surface area contributed by atoms with Crippen LogP contribution in [0.25, 0.3) is 16.5 Å². The first-order valence-corrected chi connectivity index (χ1v) is 10.5. The van der Waals surface area contributed by atoms with Crippen LogP contribution in [-0.2, 0) is 14.6 Å². The Morgan fingerprint density at radius 1 is 1.29 bits per heavy atom. The summed E-state index contributed by atoms with van der Waals surface area (Å²) in [6.45, 7) is 0. The van der Waals surface area contributed by atoms with Crippen molar-refractivity contribution in [2.45, 2.75) is 12.5 Å². The van der Waals surface area contributed by atoms with E-state index in [2.05, 4.69) is 5.32 Å². The number of sulfone groups is 1. The van der Waals surface area contributed by atoms with E-state index in [1.165, 1.54) is 6.08 Å². The van der Waals surface area contributed by atoms with Crippen molar-refractivity contribution in [3.8, 4) is 10.4 Å². The number of nitrogens with one attached hydrogen (secondary N) is 1. The fourth-order valence-corrected chi connectivity index (χ4v) is 5.33. The largest absolute Gasteiger partial charge is 0.349 e. The van der Waals surface area contributed by atoms with Crippen LogP contribution in [0.15, 0.2) is 42.5 Å². The molecule has 0 spiro atoms. The first kappa shape index (κ1) is 17.2. The first-order valence-electron chi connectivity index (χ1n) is 7.46. The van der Waals surface area contributed by atoms with E-state index < -0.39 is 9.84 Å². The van der Waals surface area contributed by atoms with E-state index in [0.29, 0.717) is 11.4 Å². The number of hydrogen-bond acceptors (Lipinski definition) is 4. The molecule has 1 aliphatic heterocycles. The predicted molar refractivity (Wildman–Crippen MR) is 99.0 cm³/mol. The molecule has 1 amide bonds. The lowest BCUT2D eigenvalue weighted by Crippen LogP contribution is -2.34. The molecular weight excluding hydrogens is 366 g/mol. The first-order chi connectivity index (χ1) is 11.4. The molecule has 1 aromatic carbocycles. The number of thiophene rings is 1. The zero-order chi connectivity index (χ0) is 17.2. The molecule has 1 fully saturated rings. The van der Waals surface area contributed by atoms with Crippen LogP contribution in [0.1, 0.15) is 11.3 Å². The molecule has 1 saturated heterocycles. The second kappa shape index (κ2) is 7.09. The molecule has 0 radical (unpaired) electrons. The molecule has 0 aliphatic carbocycles. The van der Waals surface area contributed by atoms with Crippen LogP contribution in [0.5, 0.6) is 0 Å². The van der Waals surface area contributed by atoms with Crippen LogP contribution in [0.2, 0.25) is 5.02 Å².